The van der Waals surface area contributed by atoms with E-state index in [0.29, 0.717) is 23.6 Å². The van der Waals surface area contributed by atoms with Crippen LogP contribution in [0, 0.1) is 0 Å². The van der Waals surface area contributed by atoms with Crippen LogP contribution in [0.1, 0.15) is 22.2 Å². The van der Waals surface area contributed by atoms with Crippen LogP contribution in [0.5, 0.6) is 5.75 Å². The smallest absolute Gasteiger partial charge is 0.267 e. The number of hydrogen-bond acceptors (Lipinski definition) is 4. The molecule has 2 amide bonds. The fourth-order valence-corrected chi connectivity index (χ4v) is 3.17. The second-order valence-electron chi connectivity index (χ2n) is 5.44. The number of anilines is 1. The first-order chi connectivity index (χ1) is 11.1. The topological polar surface area (TPSA) is 58.6 Å². The van der Waals surface area contributed by atoms with Crippen molar-refractivity contribution in [3.8, 4) is 5.75 Å². The van der Waals surface area contributed by atoms with Crippen molar-refractivity contribution in [1.82, 2.24) is 5.32 Å². The molecule has 0 radical (unpaired) electrons. The third kappa shape index (κ3) is 3.22. The molecule has 1 N–H and O–H groups in total. The van der Waals surface area contributed by atoms with Gasteiger partial charge in [-0.2, -0.15) is 0 Å². The number of thiophene rings is 1. The van der Waals surface area contributed by atoms with Crippen molar-refractivity contribution < 1.29 is 14.3 Å². The highest BCUT2D eigenvalue weighted by Crippen LogP contribution is 2.33. The molecule has 1 atom stereocenters. The molecule has 0 spiro atoms. The summed E-state index contributed by atoms with van der Waals surface area (Å²) in [5.74, 6) is 0.606. The zero-order chi connectivity index (χ0) is 16.4. The van der Waals surface area contributed by atoms with Gasteiger partial charge in [0, 0.05) is 13.6 Å². The fourth-order valence-electron chi connectivity index (χ4n) is 2.53. The molecule has 0 saturated heterocycles. The Balaban J connectivity index is 1.64. The maximum absolute atomic E-state index is 12.0. The Bertz CT molecular complexity index is 727. The van der Waals surface area contributed by atoms with Gasteiger partial charge in [-0.25, -0.2) is 0 Å². The van der Waals surface area contributed by atoms with Crippen molar-refractivity contribution in [3.63, 3.8) is 0 Å². The lowest BCUT2D eigenvalue weighted by Crippen LogP contribution is -2.42. The van der Waals surface area contributed by atoms with Gasteiger partial charge in [0.05, 0.1) is 10.6 Å². The Morgan fingerprint density at radius 2 is 2.22 bits per heavy atom. The number of likely N-dealkylation sites (N-methyl/N-ethyl adjacent to an activating group) is 1. The Morgan fingerprint density at radius 1 is 1.39 bits per heavy atom. The van der Waals surface area contributed by atoms with Gasteiger partial charge in [-0.05, 0) is 42.5 Å². The third-order valence-corrected chi connectivity index (χ3v) is 4.68. The standard InChI is InChI=1S/C17H18N2O3S/c1-11-17(21)19(2)13-10-12(5-6-14(13)22-11)7-8-18-16(20)15-4-3-9-23-15/h3-6,9-11H,7-8H2,1-2H3,(H,18,20). The van der Waals surface area contributed by atoms with E-state index in [0.717, 1.165) is 11.3 Å². The van der Waals surface area contributed by atoms with Crippen LogP contribution < -0.4 is 15.0 Å². The first kappa shape index (κ1) is 15.6. The highest BCUT2D eigenvalue weighted by Gasteiger charge is 2.28. The number of hydrogen-bond donors (Lipinski definition) is 1. The molecule has 1 unspecified atom stereocenters. The van der Waals surface area contributed by atoms with Gasteiger partial charge >= 0.3 is 0 Å². The molecule has 1 aliphatic heterocycles. The average molecular weight is 330 g/mol. The van der Waals surface area contributed by atoms with Gasteiger partial charge in [0.1, 0.15) is 5.75 Å². The van der Waals surface area contributed by atoms with Crippen molar-refractivity contribution in [2.45, 2.75) is 19.4 Å². The largest absolute Gasteiger partial charge is 0.479 e. The molecule has 2 aromatic rings. The number of benzene rings is 1. The van der Waals surface area contributed by atoms with Crippen molar-refractivity contribution >= 4 is 28.8 Å². The first-order valence-corrected chi connectivity index (χ1v) is 8.33. The molecule has 1 aliphatic rings. The van der Waals surface area contributed by atoms with E-state index in [9.17, 15) is 9.59 Å². The number of carbonyl (C=O) groups excluding carboxylic acids is 2. The van der Waals surface area contributed by atoms with Gasteiger partial charge < -0.3 is 15.0 Å². The van der Waals surface area contributed by atoms with Crippen LogP contribution in [-0.4, -0.2) is 31.5 Å². The monoisotopic (exact) mass is 330 g/mol. The van der Waals surface area contributed by atoms with Crippen LogP contribution in [-0.2, 0) is 11.2 Å². The van der Waals surface area contributed by atoms with Gasteiger partial charge in [0.2, 0.25) is 0 Å². The van der Waals surface area contributed by atoms with E-state index in [4.69, 9.17) is 4.74 Å². The van der Waals surface area contributed by atoms with Gasteiger partial charge in [-0.1, -0.05) is 12.1 Å². The van der Waals surface area contributed by atoms with Gasteiger partial charge in [0.25, 0.3) is 11.8 Å². The maximum Gasteiger partial charge on any atom is 0.267 e. The molecule has 6 heteroatoms. The van der Waals surface area contributed by atoms with Crippen LogP contribution in [0.2, 0.25) is 0 Å². The summed E-state index contributed by atoms with van der Waals surface area (Å²) in [5.41, 5.74) is 1.82. The molecule has 0 aliphatic carbocycles. The summed E-state index contributed by atoms with van der Waals surface area (Å²) in [5, 5.41) is 4.78. The van der Waals surface area contributed by atoms with Crippen molar-refractivity contribution in [1.29, 1.82) is 0 Å². The van der Waals surface area contributed by atoms with E-state index in [1.807, 2.05) is 29.6 Å². The Hall–Kier alpha value is -2.34. The van der Waals surface area contributed by atoms with Gasteiger partial charge in [-0.3, -0.25) is 9.59 Å². The molecule has 3 rings (SSSR count). The van der Waals surface area contributed by atoms with Crippen molar-refractivity contribution in [2.75, 3.05) is 18.5 Å². The number of rotatable bonds is 4. The van der Waals surface area contributed by atoms with Crippen LogP contribution in [0.3, 0.4) is 0 Å². The highest BCUT2D eigenvalue weighted by atomic mass is 32.1. The Morgan fingerprint density at radius 3 is 2.96 bits per heavy atom. The summed E-state index contributed by atoms with van der Waals surface area (Å²) in [6.07, 6.45) is 0.241. The summed E-state index contributed by atoms with van der Waals surface area (Å²) in [6.45, 7) is 2.29. The molecule has 2 heterocycles. The van der Waals surface area contributed by atoms with Crippen LogP contribution in [0.25, 0.3) is 0 Å². The minimum Gasteiger partial charge on any atom is -0.479 e. The van der Waals surface area contributed by atoms with Crippen LogP contribution in [0.4, 0.5) is 5.69 Å². The number of ether oxygens (including phenoxy) is 1. The molecule has 5 nitrogen and oxygen atoms in total. The zero-order valence-corrected chi connectivity index (χ0v) is 13.9. The number of amides is 2. The van der Waals surface area contributed by atoms with E-state index < -0.39 is 6.10 Å². The van der Waals surface area contributed by atoms with Crippen LogP contribution >= 0.6 is 11.3 Å². The number of nitrogens with one attached hydrogen (secondary N) is 1. The maximum atomic E-state index is 12.0. The molecule has 0 fully saturated rings. The minimum atomic E-state index is -0.455. The normalized spacial score (nSPS) is 16.7. The molecule has 120 valence electrons. The molecule has 1 aromatic carbocycles. The van der Waals surface area contributed by atoms with E-state index >= 15 is 0 Å². The molecule has 23 heavy (non-hydrogen) atoms. The summed E-state index contributed by atoms with van der Waals surface area (Å²) in [4.78, 5) is 26.2. The fraction of sp³-hybridized carbons (Fsp3) is 0.294. The Kier molecular flexibility index (Phi) is 4.34. The predicted octanol–water partition coefficient (Wildman–Crippen LogP) is 2.46. The van der Waals surface area contributed by atoms with Crippen molar-refractivity contribution in [2.24, 2.45) is 0 Å². The lowest BCUT2D eigenvalue weighted by molar-refractivity contribution is -0.125. The number of fused-ring (bicyclic) bond motifs is 1. The molecule has 0 saturated carbocycles. The van der Waals surface area contributed by atoms with E-state index in [1.54, 1.807) is 24.9 Å². The SMILES string of the molecule is CC1Oc2ccc(CCNC(=O)c3cccs3)cc2N(C)C1=O. The molecular weight excluding hydrogens is 312 g/mol. The second kappa shape index (κ2) is 6.42. The summed E-state index contributed by atoms with van der Waals surface area (Å²) in [6, 6.07) is 9.45. The zero-order valence-electron chi connectivity index (χ0n) is 13.0. The second-order valence-corrected chi connectivity index (χ2v) is 6.39. The van der Waals surface area contributed by atoms with Gasteiger partial charge in [0.15, 0.2) is 6.10 Å². The highest BCUT2D eigenvalue weighted by molar-refractivity contribution is 7.12. The molecular formula is C17H18N2O3S. The van der Waals surface area contributed by atoms with E-state index in [2.05, 4.69) is 5.32 Å². The summed E-state index contributed by atoms with van der Waals surface area (Å²) < 4.78 is 5.60. The molecule has 0 bridgehead atoms. The predicted molar refractivity (Wildman–Crippen MR) is 90.3 cm³/mol. The quantitative estimate of drug-likeness (QED) is 0.937. The lowest BCUT2D eigenvalue weighted by atomic mass is 10.1. The summed E-state index contributed by atoms with van der Waals surface area (Å²) >= 11 is 1.42. The number of carbonyl (C=O) groups is 2. The first-order valence-electron chi connectivity index (χ1n) is 7.45. The van der Waals surface area contributed by atoms with Crippen LogP contribution in [0.15, 0.2) is 35.7 Å². The summed E-state index contributed by atoms with van der Waals surface area (Å²) in [7, 11) is 1.75. The Labute approximate surface area is 138 Å². The van der Waals surface area contributed by atoms with E-state index in [1.165, 1.54) is 11.3 Å². The average Bonchev–Trinajstić information content (AvgIpc) is 3.08. The number of nitrogens with zero attached hydrogens (tertiary/aromatic N) is 1. The van der Waals surface area contributed by atoms with Crippen molar-refractivity contribution in [3.05, 3.63) is 46.2 Å². The lowest BCUT2D eigenvalue weighted by Gasteiger charge is -2.30. The van der Waals surface area contributed by atoms with E-state index in [-0.39, 0.29) is 11.8 Å². The minimum absolute atomic E-state index is 0.0533. The third-order valence-electron chi connectivity index (χ3n) is 3.81. The molecule has 1 aromatic heterocycles. The van der Waals surface area contributed by atoms with Gasteiger partial charge in [-0.15, -0.1) is 11.3 Å².